The van der Waals surface area contributed by atoms with E-state index in [2.05, 4.69) is 27.3 Å². The lowest BCUT2D eigenvalue weighted by Gasteiger charge is -2.13. The molecule has 0 spiro atoms. The van der Waals surface area contributed by atoms with Crippen molar-refractivity contribution in [3.8, 4) is 16.9 Å². The van der Waals surface area contributed by atoms with Crippen LogP contribution in [0.4, 0.5) is 5.69 Å². The highest BCUT2D eigenvalue weighted by atomic mass is 32.1. The summed E-state index contributed by atoms with van der Waals surface area (Å²) in [5.41, 5.74) is 4.25. The Labute approximate surface area is 153 Å². The SMILES string of the molecule is CCCN(C)C=Nc1cc(C)c(Oc2snc(CC)c2C#N)cc1C. The van der Waals surface area contributed by atoms with Gasteiger partial charge in [0, 0.05) is 25.1 Å². The molecule has 132 valence electrons. The van der Waals surface area contributed by atoms with Crippen molar-refractivity contribution in [3.63, 3.8) is 0 Å². The normalized spacial score (nSPS) is 10.9. The molecule has 1 aromatic heterocycles. The summed E-state index contributed by atoms with van der Waals surface area (Å²) >= 11 is 1.23. The number of rotatable bonds is 7. The summed E-state index contributed by atoms with van der Waals surface area (Å²) < 4.78 is 10.3. The maximum atomic E-state index is 9.34. The van der Waals surface area contributed by atoms with Crippen LogP contribution in [0.15, 0.2) is 17.1 Å². The second kappa shape index (κ2) is 8.63. The van der Waals surface area contributed by atoms with Crippen LogP contribution < -0.4 is 4.74 Å². The molecule has 0 saturated carbocycles. The zero-order valence-corrected chi connectivity index (χ0v) is 16.3. The maximum Gasteiger partial charge on any atom is 0.218 e. The second-order valence-electron chi connectivity index (χ2n) is 5.99. The zero-order chi connectivity index (χ0) is 18.4. The van der Waals surface area contributed by atoms with Gasteiger partial charge in [0.15, 0.2) is 0 Å². The molecule has 0 bridgehead atoms. The highest BCUT2D eigenvalue weighted by Gasteiger charge is 2.15. The van der Waals surface area contributed by atoms with Gasteiger partial charge in [0.25, 0.3) is 0 Å². The van der Waals surface area contributed by atoms with E-state index < -0.39 is 0 Å². The molecule has 2 rings (SSSR count). The van der Waals surface area contributed by atoms with E-state index in [0.29, 0.717) is 10.6 Å². The molecule has 25 heavy (non-hydrogen) atoms. The van der Waals surface area contributed by atoms with E-state index in [1.807, 2.05) is 46.3 Å². The maximum absolute atomic E-state index is 9.34. The van der Waals surface area contributed by atoms with E-state index >= 15 is 0 Å². The summed E-state index contributed by atoms with van der Waals surface area (Å²) in [6.07, 6.45) is 3.67. The van der Waals surface area contributed by atoms with Crippen molar-refractivity contribution in [1.82, 2.24) is 9.27 Å². The van der Waals surface area contributed by atoms with Crippen molar-refractivity contribution in [2.24, 2.45) is 4.99 Å². The van der Waals surface area contributed by atoms with Crippen molar-refractivity contribution in [3.05, 3.63) is 34.5 Å². The van der Waals surface area contributed by atoms with Crippen LogP contribution in [0.1, 0.15) is 42.7 Å². The lowest BCUT2D eigenvalue weighted by atomic mass is 10.1. The Morgan fingerprint density at radius 2 is 2.08 bits per heavy atom. The van der Waals surface area contributed by atoms with E-state index in [-0.39, 0.29) is 0 Å². The van der Waals surface area contributed by atoms with Crippen molar-refractivity contribution < 1.29 is 4.74 Å². The van der Waals surface area contributed by atoms with Crippen LogP contribution in [0.5, 0.6) is 10.8 Å². The summed E-state index contributed by atoms with van der Waals surface area (Å²) in [6, 6.07) is 6.17. The minimum Gasteiger partial charge on any atom is -0.443 e. The summed E-state index contributed by atoms with van der Waals surface area (Å²) in [4.78, 5) is 6.64. The van der Waals surface area contributed by atoms with Crippen LogP contribution in [0.3, 0.4) is 0 Å². The van der Waals surface area contributed by atoms with E-state index in [1.165, 1.54) is 11.5 Å². The average molecular weight is 356 g/mol. The molecule has 0 atom stereocenters. The minimum atomic E-state index is 0.535. The Morgan fingerprint density at radius 3 is 2.72 bits per heavy atom. The predicted octanol–water partition coefficient (Wildman–Crippen LogP) is 4.99. The standard InChI is InChI=1S/C19H24N4OS/c1-6-8-23(5)12-21-17-9-14(4)18(10-13(17)3)24-19-15(11-20)16(7-2)22-25-19/h9-10,12H,6-8H2,1-5H3. The van der Waals surface area contributed by atoms with E-state index in [0.717, 1.165) is 47.6 Å². The first-order valence-corrected chi connectivity index (χ1v) is 9.19. The van der Waals surface area contributed by atoms with Gasteiger partial charge in [0.05, 0.1) is 17.7 Å². The van der Waals surface area contributed by atoms with Gasteiger partial charge in [-0.2, -0.15) is 9.64 Å². The van der Waals surface area contributed by atoms with Gasteiger partial charge >= 0.3 is 0 Å². The zero-order valence-electron chi connectivity index (χ0n) is 15.5. The number of nitrogens with zero attached hydrogens (tertiary/aromatic N) is 4. The molecule has 0 aliphatic rings. The number of hydrogen-bond acceptors (Lipinski definition) is 5. The van der Waals surface area contributed by atoms with Crippen molar-refractivity contribution in [1.29, 1.82) is 5.26 Å². The second-order valence-corrected chi connectivity index (χ2v) is 6.72. The molecular formula is C19H24N4OS. The number of nitriles is 1. The van der Waals surface area contributed by atoms with Gasteiger partial charge in [-0.05, 0) is 49.9 Å². The van der Waals surface area contributed by atoms with E-state index in [1.54, 1.807) is 0 Å². The van der Waals surface area contributed by atoms with Gasteiger partial charge in [0.2, 0.25) is 5.06 Å². The minimum absolute atomic E-state index is 0.535. The van der Waals surface area contributed by atoms with Crippen molar-refractivity contribution in [2.45, 2.75) is 40.5 Å². The van der Waals surface area contributed by atoms with Crippen LogP contribution in [0.2, 0.25) is 0 Å². The number of aryl methyl sites for hydroxylation is 3. The van der Waals surface area contributed by atoms with Gasteiger partial charge in [-0.15, -0.1) is 0 Å². The van der Waals surface area contributed by atoms with Gasteiger partial charge < -0.3 is 9.64 Å². The van der Waals surface area contributed by atoms with Crippen LogP contribution in [0.25, 0.3) is 0 Å². The van der Waals surface area contributed by atoms with Gasteiger partial charge in [-0.3, -0.25) is 0 Å². The summed E-state index contributed by atoms with van der Waals surface area (Å²) in [7, 11) is 2.02. The fourth-order valence-electron chi connectivity index (χ4n) is 2.42. The summed E-state index contributed by atoms with van der Waals surface area (Å²) in [5.74, 6) is 0.737. The first-order chi connectivity index (χ1) is 12.0. The first kappa shape index (κ1) is 18.9. The van der Waals surface area contributed by atoms with Crippen LogP contribution >= 0.6 is 11.5 Å². The third-order valence-corrected chi connectivity index (χ3v) is 4.61. The number of hydrogen-bond donors (Lipinski definition) is 0. The van der Waals surface area contributed by atoms with E-state index in [4.69, 9.17) is 4.74 Å². The highest BCUT2D eigenvalue weighted by molar-refractivity contribution is 7.08. The lowest BCUT2D eigenvalue weighted by Crippen LogP contribution is -2.16. The fourth-order valence-corrected chi connectivity index (χ4v) is 3.22. The lowest BCUT2D eigenvalue weighted by molar-refractivity contribution is 0.490. The molecule has 0 aliphatic heterocycles. The van der Waals surface area contributed by atoms with Crippen molar-refractivity contribution >= 4 is 23.6 Å². The van der Waals surface area contributed by atoms with Crippen molar-refractivity contribution in [2.75, 3.05) is 13.6 Å². The Kier molecular flexibility index (Phi) is 6.54. The predicted molar refractivity (Wildman–Crippen MR) is 103 cm³/mol. The Balaban J connectivity index is 2.26. The van der Waals surface area contributed by atoms with Gasteiger partial charge in [0.1, 0.15) is 17.4 Å². The highest BCUT2D eigenvalue weighted by Crippen LogP contribution is 2.35. The topological polar surface area (TPSA) is 61.5 Å². The molecule has 0 saturated heterocycles. The monoisotopic (exact) mass is 356 g/mol. The number of benzene rings is 1. The molecule has 0 amide bonds. The first-order valence-electron chi connectivity index (χ1n) is 8.42. The number of aromatic nitrogens is 1. The van der Waals surface area contributed by atoms with Gasteiger partial charge in [-0.25, -0.2) is 4.99 Å². The van der Waals surface area contributed by atoms with Crippen LogP contribution in [-0.4, -0.2) is 29.2 Å². The molecule has 1 heterocycles. The Morgan fingerprint density at radius 1 is 1.32 bits per heavy atom. The summed E-state index contributed by atoms with van der Waals surface area (Å²) in [5, 5.41) is 9.90. The van der Waals surface area contributed by atoms with Gasteiger partial charge in [-0.1, -0.05) is 13.8 Å². The Hall–Kier alpha value is -2.39. The molecule has 2 aromatic rings. The third kappa shape index (κ3) is 4.58. The smallest absolute Gasteiger partial charge is 0.218 e. The number of ether oxygens (including phenoxy) is 1. The van der Waals surface area contributed by atoms with E-state index in [9.17, 15) is 5.26 Å². The molecule has 1 aromatic carbocycles. The number of aliphatic imine (C=N–C) groups is 1. The van der Waals surface area contributed by atoms with Crippen LogP contribution in [-0.2, 0) is 6.42 Å². The third-order valence-electron chi connectivity index (χ3n) is 3.84. The fraction of sp³-hybridized carbons (Fsp3) is 0.421. The Bertz CT molecular complexity index is 804. The molecule has 6 heteroatoms. The molecule has 0 aliphatic carbocycles. The average Bonchev–Trinajstić information content (AvgIpc) is 2.98. The summed E-state index contributed by atoms with van der Waals surface area (Å²) in [6.45, 7) is 9.10. The van der Waals surface area contributed by atoms with Crippen LogP contribution in [0, 0.1) is 25.2 Å². The molecule has 0 N–H and O–H groups in total. The molecule has 0 fully saturated rings. The quantitative estimate of drug-likeness (QED) is 0.518. The molecule has 0 radical (unpaired) electrons. The molecular weight excluding hydrogens is 332 g/mol. The molecule has 5 nitrogen and oxygen atoms in total. The largest absolute Gasteiger partial charge is 0.443 e. The molecule has 0 unspecified atom stereocenters.